The van der Waals surface area contributed by atoms with Crippen molar-refractivity contribution in [2.45, 2.75) is 49.3 Å². The zero-order chi connectivity index (χ0) is 13.5. The first-order chi connectivity index (χ1) is 8.65. The number of rotatable bonds is 7. The second-order valence-electron chi connectivity index (χ2n) is 4.36. The highest BCUT2D eigenvalue weighted by atomic mass is 79.9. The topological polar surface area (TPSA) is 29.1 Å². The number of hydrogen-bond donors (Lipinski definition) is 1. The molecule has 3 atom stereocenters. The molecule has 1 rings (SSSR count). The first kappa shape index (κ1) is 15.9. The molecule has 3 unspecified atom stereocenters. The molecule has 0 heterocycles. The van der Waals surface area contributed by atoms with Crippen molar-refractivity contribution in [3.05, 3.63) is 28.7 Å². The van der Waals surface area contributed by atoms with Crippen LogP contribution in [-0.2, 0) is 10.8 Å². The monoisotopic (exact) mass is 331 g/mol. The highest BCUT2D eigenvalue weighted by molar-refractivity contribution is 9.10. The van der Waals surface area contributed by atoms with Gasteiger partial charge in [-0.1, -0.05) is 32.4 Å². The molecular formula is C14H22BrNOS. The van der Waals surface area contributed by atoms with E-state index in [9.17, 15) is 4.21 Å². The molecule has 0 spiro atoms. The van der Waals surface area contributed by atoms with E-state index in [-0.39, 0.29) is 5.25 Å². The minimum Gasteiger partial charge on any atom is -0.316 e. The lowest BCUT2D eigenvalue weighted by molar-refractivity contribution is 0.480. The number of hydrogen-bond acceptors (Lipinski definition) is 2. The highest BCUT2D eigenvalue weighted by Gasteiger charge is 2.25. The van der Waals surface area contributed by atoms with Crippen molar-refractivity contribution in [1.82, 2.24) is 5.32 Å². The molecule has 0 radical (unpaired) electrons. The van der Waals surface area contributed by atoms with Gasteiger partial charge < -0.3 is 5.32 Å². The van der Waals surface area contributed by atoms with Crippen molar-refractivity contribution < 1.29 is 4.21 Å². The third-order valence-corrected chi connectivity index (χ3v) is 6.11. The lowest BCUT2D eigenvalue weighted by Gasteiger charge is -2.25. The maximum Gasteiger partial charge on any atom is 0.0588 e. The van der Waals surface area contributed by atoms with E-state index in [2.05, 4.69) is 35.1 Å². The number of nitrogens with one attached hydrogen (secondary N) is 1. The van der Waals surface area contributed by atoms with Gasteiger partial charge in [-0.3, -0.25) is 4.21 Å². The third-order valence-electron chi connectivity index (χ3n) is 3.15. The molecular weight excluding hydrogens is 310 g/mol. The average molecular weight is 332 g/mol. The van der Waals surface area contributed by atoms with Crippen molar-refractivity contribution in [3.63, 3.8) is 0 Å². The van der Waals surface area contributed by atoms with Gasteiger partial charge in [0.25, 0.3) is 0 Å². The van der Waals surface area contributed by atoms with E-state index in [1.807, 2.05) is 31.3 Å². The van der Waals surface area contributed by atoms with E-state index in [0.29, 0.717) is 6.04 Å². The maximum atomic E-state index is 12.7. The SMILES string of the molecule is CCCC(NC)C(CC)S(=O)c1ccccc1Br. The van der Waals surface area contributed by atoms with Crippen LogP contribution in [0.4, 0.5) is 0 Å². The van der Waals surface area contributed by atoms with E-state index >= 15 is 0 Å². The Balaban J connectivity index is 2.95. The van der Waals surface area contributed by atoms with Crippen LogP contribution in [-0.4, -0.2) is 22.5 Å². The molecule has 1 aromatic rings. The molecule has 0 aliphatic carbocycles. The van der Waals surface area contributed by atoms with Gasteiger partial charge in [-0.25, -0.2) is 0 Å². The fourth-order valence-electron chi connectivity index (χ4n) is 2.18. The minimum atomic E-state index is -0.974. The van der Waals surface area contributed by atoms with Crippen molar-refractivity contribution in [2.24, 2.45) is 0 Å². The second kappa shape index (κ2) is 8.08. The Morgan fingerprint density at radius 2 is 2.00 bits per heavy atom. The quantitative estimate of drug-likeness (QED) is 0.824. The molecule has 0 fully saturated rings. The Morgan fingerprint density at radius 3 is 2.50 bits per heavy atom. The van der Waals surface area contributed by atoms with Gasteiger partial charge in [-0.15, -0.1) is 0 Å². The normalized spacial score (nSPS) is 16.2. The van der Waals surface area contributed by atoms with Gasteiger partial charge in [0.05, 0.1) is 20.9 Å². The highest BCUT2D eigenvalue weighted by Crippen LogP contribution is 2.25. The van der Waals surface area contributed by atoms with Gasteiger partial charge in [0, 0.05) is 10.5 Å². The van der Waals surface area contributed by atoms with Gasteiger partial charge >= 0.3 is 0 Å². The maximum absolute atomic E-state index is 12.7. The summed E-state index contributed by atoms with van der Waals surface area (Å²) in [5.74, 6) is 0. The van der Waals surface area contributed by atoms with Crippen LogP contribution in [0.1, 0.15) is 33.1 Å². The second-order valence-corrected chi connectivity index (χ2v) is 6.85. The molecule has 0 aliphatic rings. The lowest BCUT2D eigenvalue weighted by atomic mass is 10.1. The smallest absolute Gasteiger partial charge is 0.0588 e. The van der Waals surface area contributed by atoms with Gasteiger partial charge in [0.15, 0.2) is 0 Å². The number of halogens is 1. The van der Waals surface area contributed by atoms with Crippen LogP contribution in [0, 0.1) is 0 Å². The van der Waals surface area contributed by atoms with Crippen LogP contribution in [0.3, 0.4) is 0 Å². The summed E-state index contributed by atoms with van der Waals surface area (Å²) in [5, 5.41) is 3.48. The van der Waals surface area contributed by atoms with E-state index in [0.717, 1.165) is 28.6 Å². The summed E-state index contributed by atoms with van der Waals surface area (Å²) in [6.45, 7) is 4.28. The van der Waals surface area contributed by atoms with Crippen LogP contribution in [0.5, 0.6) is 0 Å². The summed E-state index contributed by atoms with van der Waals surface area (Å²) in [6, 6.07) is 8.11. The molecule has 0 bridgehead atoms. The largest absolute Gasteiger partial charge is 0.316 e. The molecule has 1 N–H and O–H groups in total. The summed E-state index contributed by atoms with van der Waals surface area (Å²) < 4.78 is 13.7. The summed E-state index contributed by atoms with van der Waals surface area (Å²) >= 11 is 3.49. The van der Waals surface area contributed by atoms with Gasteiger partial charge in [0.1, 0.15) is 0 Å². The van der Waals surface area contributed by atoms with Gasteiger partial charge in [-0.05, 0) is 48.0 Å². The minimum absolute atomic E-state index is 0.161. The molecule has 0 aromatic heterocycles. The zero-order valence-electron chi connectivity index (χ0n) is 11.3. The van der Waals surface area contributed by atoms with Crippen LogP contribution < -0.4 is 5.32 Å². The third kappa shape index (κ3) is 3.90. The van der Waals surface area contributed by atoms with E-state index in [4.69, 9.17) is 0 Å². The van der Waals surface area contributed by atoms with E-state index in [1.54, 1.807) is 0 Å². The van der Waals surface area contributed by atoms with Gasteiger partial charge in [-0.2, -0.15) is 0 Å². The van der Waals surface area contributed by atoms with Crippen LogP contribution in [0.25, 0.3) is 0 Å². The molecule has 0 amide bonds. The molecule has 18 heavy (non-hydrogen) atoms. The van der Waals surface area contributed by atoms with Crippen molar-refractivity contribution in [2.75, 3.05) is 7.05 Å². The first-order valence-electron chi connectivity index (χ1n) is 6.48. The predicted octanol–water partition coefficient (Wildman–Crippen LogP) is 3.72. The fraction of sp³-hybridized carbons (Fsp3) is 0.571. The molecule has 0 saturated heterocycles. The van der Waals surface area contributed by atoms with E-state index < -0.39 is 10.8 Å². The molecule has 102 valence electrons. The molecule has 2 nitrogen and oxygen atoms in total. The van der Waals surface area contributed by atoms with Crippen molar-refractivity contribution in [1.29, 1.82) is 0 Å². The summed E-state index contributed by atoms with van der Waals surface area (Å²) in [7, 11) is 0.985. The molecule has 1 aromatic carbocycles. The summed E-state index contributed by atoms with van der Waals surface area (Å²) in [6.07, 6.45) is 3.08. The standard InChI is InChI=1S/C14H22BrNOS/c1-4-8-12(16-3)13(5-2)18(17)14-10-7-6-9-11(14)15/h6-7,9-10,12-13,16H,4-5,8H2,1-3H3. The fourth-order valence-corrected chi connectivity index (χ4v) is 4.62. The van der Waals surface area contributed by atoms with Crippen molar-refractivity contribution in [3.8, 4) is 0 Å². The molecule has 4 heteroatoms. The van der Waals surface area contributed by atoms with Crippen molar-refractivity contribution >= 4 is 26.7 Å². The van der Waals surface area contributed by atoms with Gasteiger partial charge in [0.2, 0.25) is 0 Å². The summed E-state index contributed by atoms with van der Waals surface area (Å²) in [4.78, 5) is 0.903. The Kier molecular flexibility index (Phi) is 7.12. The Bertz CT molecular complexity index is 397. The van der Waals surface area contributed by atoms with E-state index in [1.165, 1.54) is 0 Å². The van der Waals surface area contributed by atoms with Crippen LogP contribution in [0.2, 0.25) is 0 Å². The molecule has 0 aliphatic heterocycles. The Hall–Kier alpha value is -0.190. The zero-order valence-corrected chi connectivity index (χ0v) is 13.7. The predicted molar refractivity (Wildman–Crippen MR) is 82.4 cm³/mol. The Morgan fingerprint density at radius 1 is 1.33 bits per heavy atom. The lowest BCUT2D eigenvalue weighted by Crippen LogP contribution is -2.40. The van der Waals surface area contributed by atoms with Crippen LogP contribution in [0.15, 0.2) is 33.6 Å². The Labute approximate surface area is 121 Å². The number of benzene rings is 1. The first-order valence-corrected chi connectivity index (χ1v) is 8.48. The van der Waals surface area contributed by atoms with Crippen LogP contribution >= 0.6 is 15.9 Å². The molecule has 0 saturated carbocycles. The average Bonchev–Trinajstić information content (AvgIpc) is 2.38. The summed E-state index contributed by atoms with van der Waals surface area (Å²) in [5.41, 5.74) is 0.